The summed E-state index contributed by atoms with van der Waals surface area (Å²) in [6.07, 6.45) is 1.47. The van der Waals surface area contributed by atoms with Gasteiger partial charge in [0.25, 0.3) is 5.89 Å². The molecule has 0 atom stereocenters. The third kappa shape index (κ3) is 0.914. The van der Waals surface area contributed by atoms with Crippen LogP contribution in [0.5, 0.6) is 0 Å². The van der Waals surface area contributed by atoms with Gasteiger partial charge in [-0.3, -0.25) is 0 Å². The summed E-state index contributed by atoms with van der Waals surface area (Å²) in [6, 6.07) is 0.0167. The van der Waals surface area contributed by atoms with Crippen molar-refractivity contribution in [3.8, 4) is 11.6 Å². The Morgan fingerprint density at radius 2 is 2.36 bits per heavy atom. The van der Waals surface area contributed by atoms with Crippen molar-refractivity contribution in [2.45, 2.75) is 0 Å². The van der Waals surface area contributed by atoms with Gasteiger partial charge in [-0.1, -0.05) is 5.10 Å². The van der Waals surface area contributed by atoms with Crippen molar-refractivity contribution in [1.29, 1.82) is 0 Å². The predicted octanol–water partition coefficient (Wildman–Crippen LogP) is -0.563. The molecule has 0 amide bonds. The first-order valence-electron chi connectivity index (χ1n) is 2.81. The summed E-state index contributed by atoms with van der Waals surface area (Å²) in [5.41, 5.74) is 5.67. The number of H-pyrrole nitrogens is 1. The first-order chi connectivity index (χ1) is 5.36. The molecule has 2 aromatic rings. The van der Waals surface area contributed by atoms with Gasteiger partial charge in [0, 0.05) is 0 Å². The van der Waals surface area contributed by atoms with Crippen LogP contribution < -0.4 is 5.73 Å². The molecule has 56 valence electrons. The molecule has 0 aliphatic heterocycles. The van der Waals surface area contributed by atoms with E-state index in [1.54, 1.807) is 0 Å². The van der Waals surface area contributed by atoms with Gasteiger partial charge in [0.2, 0.25) is 0 Å². The first kappa shape index (κ1) is 5.83. The lowest BCUT2D eigenvalue weighted by Crippen LogP contribution is -1.81. The Hall–Kier alpha value is -1.92. The largest absolute Gasteiger partial charge is 0.402 e. The van der Waals surface area contributed by atoms with Gasteiger partial charge in [-0.05, 0) is 0 Å². The summed E-state index contributed by atoms with van der Waals surface area (Å²) in [4.78, 5) is 0. The van der Waals surface area contributed by atoms with Crippen LogP contribution in [0.4, 0.5) is 6.01 Å². The molecular formula is C4H4N6O. The third-order valence-corrected chi connectivity index (χ3v) is 1.07. The van der Waals surface area contributed by atoms with Crippen LogP contribution >= 0.6 is 0 Å². The van der Waals surface area contributed by atoms with Gasteiger partial charge in [-0.15, -0.1) is 5.10 Å². The number of nitrogens with zero attached hydrogens (tertiary/aromatic N) is 4. The normalized spacial score (nSPS) is 10.2. The van der Waals surface area contributed by atoms with Gasteiger partial charge in [0.1, 0.15) is 0 Å². The van der Waals surface area contributed by atoms with Crippen molar-refractivity contribution in [2.75, 3.05) is 5.73 Å². The van der Waals surface area contributed by atoms with Crippen LogP contribution in [0.2, 0.25) is 0 Å². The number of anilines is 1. The molecule has 0 saturated carbocycles. The minimum atomic E-state index is 0.0167. The predicted molar refractivity (Wildman–Crippen MR) is 34.1 cm³/mol. The maximum Gasteiger partial charge on any atom is 0.313 e. The molecule has 0 bridgehead atoms. The topological polar surface area (TPSA) is 107 Å². The molecule has 0 spiro atoms. The van der Waals surface area contributed by atoms with Gasteiger partial charge in [-0.25, -0.2) is 0 Å². The lowest BCUT2D eigenvalue weighted by molar-refractivity contribution is 0.587. The number of rotatable bonds is 1. The van der Waals surface area contributed by atoms with Crippen molar-refractivity contribution in [2.24, 2.45) is 0 Å². The summed E-state index contributed by atoms with van der Waals surface area (Å²) in [6.45, 7) is 0. The van der Waals surface area contributed by atoms with Crippen molar-refractivity contribution >= 4 is 6.01 Å². The molecule has 0 unspecified atom stereocenters. The second kappa shape index (κ2) is 2.04. The Bertz CT molecular complexity index is 337. The summed E-state index contributed by atoms with van der Waals surface area (Å²) in [7, 11) is 0. The minimum absolute atomic E-state index is 0.0167. The molecule has 11 heavy (non-hydrogen) atoms. The Kier molecular flexibility index (Phi) is 1.08. The fraction of sp³-hybridized carbons (Fsp3) is 0. The number of aromatic amines is 1. The van der Waals surface area contributed by atoms with Crippen molar-refractivity contribution in [3.63, 3.8) is 0 Å². The molecule has 2 rings (SSSR count). The van der Waals surface area contributed by atoms with Gasteiger partial charge >= 0.3 is 6.01 Å². The second-order valence-corrected chi connectivity index (χ2v) is 1.80. The lowest BCUT2D eigenvalue weighted by atomic mass is 10.5. The van der Waals surface area contributed by atoms with E-state index in [1.807, 2.05) is 0 Å². The molecule has 0 saturated heterocycles. The summed E-state index contributed by atoms with van der Waals surface area (Å²) in [5, 5.41) is 16.7. The van der Waals surface area contributed by atoms with E-state index in [0.29, 0.717) is 5.69 Å². The van der Waals surface area contributed by atoms with Crippen LogP contribution in [0.1, 0.15) is 0 Å². The first-order valence-corrected chi connectivity index (χ1v) is 2.81. The quantitative estimate of drug-likeness (QED) is 0.567. The molecule has 0 aliphatic carbocycles. The van der Waals surface area contributed by atoms with Crippen LogP contribution in [-0.2, 0) is 0 Å². The zero-order chi connectivity index (χ0) is 7.68. The molecule has 0 fully saturated rings. The summed E-state index contributed by atoms with van der Waals surface area (Å²) in [5.74, 6) is 0.260. The summed E-state index contributed by atoms with van der Waals surface area (Å²) < 4.78 is 4.86. The van der Waals surface area contributed by atoms with E-state index in [9.17, 15) is 0 Å². The highest BCUT2D eigenvalue weighted by Gasteiger charge is 2.07. The maximum absolute atomic E-state index is 5.19. The number of hydrogen-bond donors (Lipinski definition) is 2. The number of nitrogen functional groups attached to an aromatic ring is 1. The van der Waals surface area contributed by atoms with E-state index >= 15 is 0 Å². The third-order valence-electron chi connectivity index (χ3n) is 1.07. The molecule has 2 aromatic heterocycles. The van der Waals surface area contributed by atoms with Crippen LogP contribution in [0.25, 0.3) is 11.6 Å². The molecule has 7 nitrogen and oxygen atoms in total. The highest BCUT2D eigenvalue weighted by Crippen LogP contribution is 2.12. The zero-order valence-electron chi connectivity index (χ0n) is 5.35. The van der Waals surface area contributed by atoms with Crippen LogP contribution in [0.3, 0.4) is 0 Å². The van der Waals surface area contributed by atoms with E-state index in [1.165, 1.54) is 6.20 Å². The number of nitrogens with one attached hydrogen (secondary N) is 1. The number of nitrogens with two attached hydrogens (primary N) is 1. The van der Waals surface area contributed by atoms with Gasteiger partial charge in [-0.2, -0.15) is 15.4 Å². The summed E-state index contributed by atoms with van der Waals surface area (Å²) >= 11 is 0. The Balaban J connectivity index is 2.45. The Labute approximate surface area is 60.6 Å². The molecular weight excluding hydrogens is 148 g/mol. The van der Waals surface area contributed by atoms with Crippen LogP contribution in [-0.4, -0.2) is 25.6 Å². The van der Waals surface area contributed by atoms with Crippen molar-refractivity contribution < 1.29 is 4.42 Å². The smallest absolute Gasteiger partial charge is 0.313 e. The van der Waals surface area contributed by atoms with Crippen LogP contribution in [0.15, 0.2) is 10.6 Å². The zero-order valence-corrected chi connectivity index (χ0v) is 5.35. The van der Waals surface area contributed by atoms with Gasteiger partial charge in [0.15, 0.2) is 5.69 Å². The van der Waals surface area contributed by atoms with E-state index in [4.69, 9.17) is 10.2 Å². The fourth-order valence-electron chi connectivity index (χ4n) is 0.643. The standard InChI is InChI=1S/C4H4N6O/c5-4-9-8-3(11-4)2-1-6-10-7-2/h1H,(H2,5,9)(H,6,7,10). The maximum atomic E-state index is 5.19. The average molecular weight is 152 g/mol. The minimum Gasteiger partial charge on any atom is -0.402 e. The van der Waals surface area contributed by atoms with Gasteiger partial charge in [0.05, 0.1) is 6.20 Å². The molecule has 3 N–H and O–H groups in total. The molecule has 2 heterocycles. The van der Waals surface area contributed by atoms with Crippen LogP contribution in [0, 0.1) is 0 Å². The van der Waals surface area contributed by atoms with E-state index in [0.717, 1.165) is 0 Å². The number of hydrogen-bond acceptors (Lipinski definition) is 6. The molecule has 0 aliphatic rings. The van der Waals surface area contributed by atoms with E-state index in [-0.39, 0.29) is 11.9 Å². The average Bonchev–Trinajstić information content (AvgIpc) is 2.55. The van der Waals surface area contributed by atoms with Crippen molar-refractivity contribution in [3.05, 3.63) is 6.20 Å². The molecule has 0 radical (unpaired) electrons. The molecule has 7 heteroatoms. The second-order valence-electron chi connectivity index (χ2n) is 1.80. The van der Waals surface area contributed by atoms with Gasteiger partial charge < -0.3 is 10.2 Å². The highest BCUT2D eigenvalue weighted by atomic mass is 16.4. The Morgan fingerprint density at radius 1 is 1.45 bits per heavy atom. The van der Waals surface area contributed by atoms with E-state index in [2.05, 4.69) is 25.6 Å². The monoisotopic (exact) mass is 152 g/mol. The molecule has 0 aromatic carbocycles. The fourth-order valence-corrected chi connectivity index (χ4v) is 0.643. The van der Waals surface area contributed by atoms with Crippen molar-refractivity contribution in [1.82, 2.24) is 25.6 Å². The van der Waals surface area contributed by atoms with E-state index < -0.39 is 0 Å². The lowest BCUT2D eigenvalue weighted by Gasteiger charge is -1.79. The SMILES string of the molecule is Nc1nnc(-c2cn[nH]n2)o1. The highest BCUT2D eigenvalue weighted by molar-refractivity contribution is 5.43. The number of aromatic nitrogens is 5. The Morgan fingerprint density at radius 3 is 2.91 bits per heavy atom.